The SMILES string of the molecule is Cc1cc(C)c(S(=O)(=O)N2CCCC2C(=O)NCc2cccc(F)c2)c(C)c1. The van der Waals surface area contributed by atoms with Gasteiger partial charge in [0.1, 0.15) is 11.9 Å². The van der Waals surface area contributed by atoms with Crippen molar-refractivity contribution in [2.45, 2.75) is 51.1 Å². The number of halogens is 1. The van der Waals surface area contributed by atoms with Gasteiger partial charge < -0.3 is 5.32 Å². The van der Waals surface area contributed by atoms with Crippen molar-refractivity contribution in [2.24, 2.45) is 0 Å². The van der Waals surface area contributed by atoms with Crippen LogP contribution in [0, 0.1) is 26.6 Å². The number of amides is 1. The van der Waals surface area contributed by atoms with Gasteiger partial charge in [0.15, 0.2) is 0 Å². The standard InChI is InChI=1S/C21H25FN2O3S/c1-14-10-15(2)20(16(3)11-14)28(26,27)24-9-5-8-19(24)21(25)23-13-17-6-4-7-18(22)12-17/h4,6-7,10-12,19H,5,8-9,13H2,1-3H3,(H,23,25). The van der Waals surface area contributed by atoms with Gasteiger partial charge in [-0.2, -0.15) is 4.31 Å². The second-order valence-electron chi connectivity index (χ2n) is 7.35. The smallest absolute Gasteiger partial charge is 0.244 e. The summed E-state index contributed by atoms with van der Waals surface area (Å²) in [6.45, 7) is 5.95. The van der Waals surface area contributed by atoms with E-state index in [1.54, 1.807) is 26.0 Å². The molecule has 1 atom stereocenters. The lowest BCUT2D eigenvalue weighted by atomic mass is 10.1. The predicted octanol–water partition coefficient (Wildman–Crippen LogP) is 3.22. The first-order valence-electron chi connectivity index (χ1n) is 9.32. The maximum absolute atomic E-state index is 13.3. The highest BCUT2D eigenvalue weighted by atomic mass is 32.2. The second-order valence-corrected chi connectivity index (χ2v) is 9.18. The normalized spacial score (nSPS) is 17.6. The molecule has 1 N–H and O–H groups in total. The number of nitrogens with zero attached hydrogens (tertiary/aromatic N) is 1. The van der Waals surface area contributed by atoms with Gasteiger partial charge in [-0.25, -0.2) is 12.8 Å². The van der Waals surface area contributed by atoms with Gasteiger partial charge >= 0.3 is 0 Å². The summed E-state index contributed by atoms with van der Waals surface area (Å²) in [4.78, 5) is 13.0. The summed E-state index contributed by atoms with van der Waals surface area (Å²) in [5.74, 6) is -0.727. The molecule has 1 fully saturated rings. The number of carbonyl (C=O) groups is 1. The first-order chi connectivity index (χ1) is 13.2. The summed E-state index contributed by atoms with van der Waals surface area (Å²) in [7, 11) is -3.79. The van der Waals surface area contributed by atoms with Gasteiger partial charge in [0.25, 0.3) is 0 Å². The van der Waals surface area contributed by atoms with Gasteiger partial charge in [-0.1, -0.05) is 29.8 Å². The monoisotopic (exact) mass is 404 g/mol. The zero-order valence-corrected chi connectivity index (χ0v) is 17.1. The van der Waals surface area contributed by atoms with Crippen LogP contribution in [0.3, 0.4) is 0 Å². The molecule has 1 aliphatic rings. The number of rotatable bonds is 5. The minimum atomic E-state index is -3.79. The summed E-state index contributed by atoms with van der Waals surface area (Å²) in [6.07, 6.45) is 1.10. The molecule has 1 aliphatic heterocycles. The molecule has 0 aromatic heterocycles. The Morgan fingerprint density at radius 2 is 1.86 bits per heavy atom. The molecule has 2 aromatic rings. The van der Waals surface area contributed by atoms with Crippen LogP contribution in [0.1, 0.15) is 35.1 Å². The Morgan fingerprint density at radius 3 is 2.50 bits per heavy atom. The predicted molar refractivity (Wildman–Crippen MR) is 106 cm³/mol. The van der Waals surface area contributed by atoms with Crippen LogP contribution in [0.4, 0.5) is 4.39 Å². The molecule has 1 amide bonds. The Kier molecular flexibility index (Phi) is 5.86. The molecule has 1 unspecified atom stereocenters. The number of benzene rings is 2. The van der Waals surface area contributed by atoms with Crippen molar-refractivity contribution < 1.29 is 17.6 Å². The highest BCUT2D eigenvalue weighted by Gasteiger charge is 2.40. The maximum Gasteiger partial charge on any atom is 0.244 e. The molecule has 5 nitrogen and oxygen atoms in total. The van der Waals surface area contributed by atoms with E-state index in [9.17, 15) is 17.6 Å². The highest BCUT2D eigenvalue weighted by molar-refractivity contribution is 7.89. The number of sulfonamides is 1. The van der Waals surface area contributed by atoms with E-state index in [4.69, 9.17) is 0 Å². The quantitative estimate of drug-likeness (QED) is 0.832. The molecule has 0 bridgehead atoms. The van der Waals surface area contributed by atoms with Crippen LogP contribution in [-0.2, 0) is 21.4 Å². The Bertz CT molecular complexity index is 981. The fourth-order valence-corrected chi connectivity index (χ4v) is 6.01. The van der Waals surface area contributed by atoms with Crippen LogP contribution < -0.4 is 5.32 Å². The average Bonchev–Trinajstić information content (AvgIpc) is 3.09. The summed E-state index contributed by atoms with van der Waals surface area (Å²) in [5.41, 5.74) is 3.00. The molecule has 1 heterocycles. The molecular weight excluding hydrogens is 379 g/mol. The molecule has 0 radical (unpaired) electrons. The largest absolute Gasteiger partial charge is 0.351 e. The summed E-state index contributed by atoms with van der Waals surface area (Å²) in [6, 6.07) is 8.91. The molecule has 0 aliphatic carbocycles. The van der Waals surface area contributed by atoms with Crippen molar-refractivity contribution in [3.05, 3.63) is 64.5 Å². The minimum Gasteiger partial charge on any atom is -0.351 e. The third-order valence-electron chi connectivity index (χ3n) is 5.03. The van der Waals surface area contributed by atoms with Gasteiger partial charge in [0, 0.05) is 13.1 Å². The Labute approximate surface area is 165 Å². The molecule has 0 spiro atoms. The lowest BCUT2D eigenvalue weighted by Gasteiger charge is -2.25. The third-order valence-corrected chi connectivity index (χ3v) is 7.25. The van der Waals surface area contributed by atoms with Crippen LogP contribution in [0.25, 0.3) is 0 Å². The van der Waals surface area contributed by atoms with E-state index in [0.29, 0.717) is 36.1 Å². The molecule has 28 heavy (non-hydrogen) atoms. The molecule has 3 rings (SSSR count). The summed E-state index contributed by atoms with van der Waals surface area (Å²) >= 11 is 0. The number of carbonyl (C=O) groups excluding carboxylic acids is 1. The third kappa shape index (κ3) is 4.10. The highest BCUT2D eigenvalue weighted by Crippen LogP contribution is 2.30. The first kappa shape index (κ1) is 20.5. The van der Waals surface area contributed by atoms with Crippen molar-refractivity contribution in [2.75, 3.05) is 6.54 Å². The van der Waals surface area contributed by atoms with Crippen LogP contribution >= 0.6 is 0 Å². The van der Waals surface area contributed by atoms with Crippen LogP contribution in [0.2, 0.25) is 0 Å². The zero-order chi connectivity index (χ0) is 20.5. The molecule has 2 aromatic carbocycles. The molecular formula is C21H25FN2O3S. The van der Waals surface area contributed by atoms with E-state index < -0.39 is 16.1 Å². The number of aryl methyl sites for hydroxylation is 3. The fraction of sp³-hybridized carbons (Fsp3) is 0.381. The van der Waals surface area contributed by atoms with E-state index in [-0.39, 0.29) is 23.2 Å². The first-order valence-corrected chi connectivity index (χ1v) is 10.8. The van der Waals surface area contributed by atoms with E-state index in [1.165, 1.54) is 16.4 Å². The van der Waals surface area contributed by atoms with Gasteiger partial charge in [-0.05, 0) is 62.4 Å². The lowest BCUT2D eigenvalue weighted by molar-refractivity contribution is -0.124. The van der Waals surface area contributed by atoms with Crippen molar-refractivity contribution in [3.63, 3.8) is 0 Å². The van der Waals surface area contributed by atoms with Crippen molar-refractivity contribution >= 4 is 15.9 Å². The molecule has 0 saturated carbocycles. The topological polar surface area (TPSA) is 66.5 Å². The number of nitrogens with one attached hydrogen (secondary N) is 1. The molecule has 7 heteroatoms. The molecule has 150 valence electrons. The van der Waals surface area contributed by atoms with Crippen LogP contribution in [0.5, 0.6) is 0 Å². The van der Waals surface area contributed by atoms with E-state index in [2.05, 4.69) is 5.32 Å². The van der Waals surface area contributed by atoms with Gasteiger partial charge in [-0.3, -0.25) is 4.79 Å². The molecule has 1 saturated heterocycles. The zero-order valence-electron chi connectivity index (χ0n) is 16.3. The Balaban J connectivity index is 1.81. The lowest BCUT2D eigenvalue weighted by Crippen LogP contribution is -2.45. The van der Waals surface area contributed by atoms with Crippen LogP contribution in [0.15, 0.2) is 41.3 Å². The second kappa shape index (κ2) is 8.01. The van der Waals surface area contributed by atoms with E-state index in [0.717, 1.165) is 5.56 Å². The summed E-state index contributed by atoms with van der Waals surface area (Å²) in [5, 5.41) is 2.75. The van der Waals surface area contributed by atoms with Gasteiger partial charge in [-0.15, -0.1) is 0 Å². The van der Waals surface area contributed by atoms with E-state index >= 15 is 0 Å². The maximum atomic E-state index is 13.3. The Morgan fingerprint density at radius 1 is 1.18 bits per heavy atom. The van der Waals surface area contributed by atoms with Crippen molar-refractivity contribution in [1.29, 1.82) is 0 Å². The summed E-state index contributed by atoms with van der Waals surface area (Å²) < 4.78 is 41.2. The number of hydrogen-bond donors (Lipinski definition) is 1. The van der Waals surface area contributed by atoms with Gasteiger partial charge in [0.2, 0.25) is 15.9 Å². The van der Waals surface area contributed by atoms with E-state index in [1.807, 2.05) is 19.1 Å². The number of hydrogen-bond acceptors (Lipinski definition) is 3. The van der Waals surface area contributed by atoms with Gasteiger partial charge in [0.05, 0.1) is 4.90 Å². The minimum absolute atomic E-state index is 0.156. The average molecular weight is 405 g/mol. The van der Waals surface area contributed by atoms with Crippen molar-refractivity contribution in [3.8, 4) is 0 Å². The fourth-order valence-electron chi connectivity index (χ4n) is 3.93. The van der Waals surface area contributed by atoms with Crippen molar-refractivity contribution in [1.82, 2.24) is 9.62 Å². The Hall–Kier alpha value is -2.25. The van der Waals surface area contributed by atoms with Crippen LogP contribution in [-0.4, -0.2) is 31.2 Å².